The maximum atomic E-state index is 4.58. The Morgan fingerprint density at radius 3 is 1.11 bits per heavy atom. The Morgan fingerprint density at radius 2 is 1.00 bits per heavy atom. The molecule has 18 heavy (non-hydrogen) atoms. The van der Waals surface area contributed by atoms with Gasteiger partial charge in [0.25, 0.3) is 0 Å². The standard InChI is InChI=1S/C4H4O.C4H4S.2C4H10/c2*1-2-4-5-3-1;2*1-4(2)3/h2*1-4H;2*4H,1-3H3. The van der Waals surface area contributed by atoms with Crippen LogP contribution in [-0.4, -0.2) is 0 Å². The number of hydrogen-bond donors (Lipinski definition) is 0. The molecule has 0 aliphatic heterocycles. The van der Waals surface area contributed by atoms with E-state index in [0.717, 1.165) is 11.8 Å². The molecule has 0 unspecified atom stereocenters. The first kappa shape index (κ1) is 19.3. The van der Waals surface area contributed by atoms with Crippen molar-refractivity contribution in [1.82, 2.24) is 0 Å². The molecule has 0 aliphatic rings. The Kier molecular flexibility index (Phi) is 17.2. The fourth-order valence-corrected chi connectivity index (χ4v) is 0.907. The lowest BCUT2D eigenvalue weighted by atomic mass is 10.3. The average molecular weight is 268 g/mol. The molecule has 2 aromatic rings. The number of furan rings is 1. The van der Waals surface area contributed by atoms with Crippen molar-refractivity contribution in [1.29, 1.82) is 0 Å². The normalized spacial score (nSPS) is 8.44. The highest BCUT2D eigenvalue weighted by Gasteiger charge is 1.68. The molecule has 2 heteroatoms. The zero-order valence-electron chi connectivity index (χ0n) is 12.6. The van der Waals surface area contributed by atoms with Gasteiger partial charge in [0.2, 0.25) is 0 Å². The van der Waals surface area contributed by atoms with Gasteiger partial charge in [-0.05, 0) is 34.7 Å². The van der Waals surface area contributed by atoms with Crippen LogP contribution in [0.4, 0.5) is 0 Å². The van der Waals surface area contributed by atoms with Gasteiger partial charge in [-0.2, -0.15) is 11.3 Å². The zero-order valence-corrected chi connectivity index (χ0v) is 13.4. The van der Waals surface area contributed by atoms with Gasteiger partial charge in [-0.25, -0.2) is 0 Å². The van der Waals surface area contributed by atoms with Gasteiger partial charge in [-0.3, -0.25) is 0 Å². The molecule has 104 valence electrons. The largest absolute Gasteiger partial charge is 0.473 e. The summed E-state index contributed by atoms with van der Waals surface area (Å²) in [5.74, 6) is 1.67. The smallest absolute Gasteiger partial charge is 0.0902 e. The first-order valence-electron chi connectivity index (χ1n) is 6.41. The van der Waals surface area contributed by atoms with Gasteiger partial charge in [-0.15, -0.1) is 0 Å². The minimum atomic E-state index is 0.833. The van der Waals surface area contributed by atoms with Crippen molar-refractivity contribution in [3.63, 3.8) is 0 Å². The Labute approximate surface area is 117 Å². The van der Waals surface area contributed by atoms with Crippen molar-refractivity contribution < 1.29 is 4.42 Å². The van der Waals surface area contributed by atoms with Gasteiger partial charge in [0.15, 0.2) is 0 Å². The fraction of sp³-hybridized carbons (Fsp3) is 0.500. The molecule has 2 rings (SSSR count). The van der Waals surface area contributed by atoms with E-state index in [1.807, 2.05) is 35.0 Å². The molecule has 0 saturated carbocycles. The summed E-state index contributed by atoms with van der Waals surface area (Å²) in [5, 5.41) is 4.08. The van der Waals surface area contributed by atoms with Crippen molar-refractivity contribution in [2.45, 2.75) is 41.5 Å². The predicted molar refractivity (Wildman–Crippen MR) is 84.1 cm³/mol. The third kappa shape index (κ3) is 36.3. The molecule has 0 atom stereocenters. The quantitative estimate of drug-likeness (QED) is 0.542. The van der Waals surface area contributed by atoms with Gasteiger partial charge in [0.1, 0.15) is 0 Å². The maximum Gasteiger partial charge on any atom is 0.0902 e. The van der Waals surface area contributed by atoms with Crippen molar-refractivity contribution in [2.75, 3.05) is 0 Å². The van der Waals surface area contributed by atoms with Crippen molar-refractivity contribution >= 4 is 11.3 Å². The second-order valence-corrected chi connectivity index (χ2v) is 5.87. The second-order valence-electron chi connectivity index (χ2n) is 5.05. The third-order valence-corrected chi connectivity index (χ3v) is 1.48. The van der Waals surface area contributed by atoms with Gasteiger partial charge in [0.05, 0.1) is 12.5 Å². The van der Waals surface area contributed by atoms with E-state index >= 15 is 0 Å². The summed E-state index contributed by atoms with van der Waals surface area (Å²) in [4.78, 5) is 0. The molecule has 0 radical (unpaired) electrons. The van der Waals surface area contributed by atoms with Crippen LogP contribution in [0.25, 0.3) is 0 Å². The van der Waals surface area contributed by atoms with Crippen LogP contribution in [0.1, 0.15) is 41.5 Å². The molecule has 0 saturated heterocycles. The summed E-state index contributed by atoms with van der Waals surface area (Å²) < 4.78 is 4.58. The Bertz CT molecular complexity index is 211. The first-order valence-corrected chi connectivity index (χ1v) is 7.35. The van der Waals surface area contributed by atoms with Gasteiger partial charge in [0, 0.05) is 0 Å². The Balaban J connectivity index is 0. The Hall–Kier alpha value is -1.02. The molecule has 1 nitrogen and oxygen atoms in total. The van der Waals surface area contributed by atoms with E-state index in [4.69, 9.17) is 0 Å². The molecule has 0 amide bonds. The van der Waals surface area contributed by atoms with Crippen molar-refractivity contribution in [2.24, 2.45) is 11.8 Å². The first-order chi connectivity index (χ1) is 8.46. The molecule has 0 aromatic carbocycles. The molecule has 2 heterocycles. The van der Waals surface area contributed by atoms with Gasteiger partial charge < -0.3 is 4.42 Å². The van der Waals surface area contributed by atoms with Crippen LogP contribution in [-0.2, 0) is 0 Å². The number of thiophene rings is 1. The minimum Gasteiger partial charge on any atom is -0.473 e. The highest BCUT2D eigenvalue weighted by molar-refractivity contribution is 7.07. The summed E-state index contributed by atoms with van der Waals surface area (Å²) in [6, 6.07) is 7.70. The lowest BCUT2D eigenvalue weighted by Gasteiger charge is -1.79. The molecule has 0 fully saturated rings. The van der Waals surface area contributed by atoms with Crippen LogP contribution in [0.2, 0.25) is 0 Å². The van der Waals surface area contributed by atoms with E-state index in [9.17, 15) is 0 Å². The lowest BCUT2D eigenvalue weighted by molar-refractivity contribution is 0.567. The van der Waals surface area contributed by atoms with Crippen molar-refractivity contribution in [3.05, 3.63) is 47.6 Å². The van der Waals surface area contributed by atoms with E-state index in [1.54, 1.807) is 23.9 Å². The Morgan fingerprint density at radius 1 is 0.667 bits per heavy atom. The van der Waals surface area contributed by atoms with Crippen LogP contribution in [0.5, 0.6) is 0 Å². The zero-order chi connectivity index (χ0) is 14.2. The number of rotatable bonds is 0. The topological polar surface area (TPSA) is 13.1 Å². The van der Waals surface area contributed by atoms with Crippen LogP contribution in [0.15, 0.2) is 52.0 Å². The molecule has 2 aromatic heterocycles. The molecule has 0 N–H and O–H groups in total. The molecule has 0 bridgehead atoms. The molecular formula is C16H28OS. The van der Waals surface area contributed by atoms with E-state index in [2.05, 4.69) is 46.0 Å². The average Bonchev–Trinajstić information content (AvgIpc) is 2.96. The predicted octanol–water partition coefficient (Wildman–Crippen LogP) is 6.35. The van der Waals surface area contributed by atoms with Gasteiger partial charge in [-0.1, -0.05) is 53.7 Å². The summed E-state index contributed by atoms with van der Waals surface area (Å²) in [6.45, 7) is 13.0. The summed E-state index contributed by atoms with van der Waals surface area (Å²) in [5.41, 5.74) is 0. The van der Waals surface area contributed by atoms with E-state index < -0.39 is 0 Å². The van der Waals surface area contributed by atoms with E-state index in [-0.39, 0.29) is 0 Å². The van der Waals surface area contributed by atoms with Crippen LogP contribution in [0.3, 0.4) is 0 Å². The van der Waals surface area contributed by atoms with Crippen LogP contribution >= 0.6 is 11.3 Å². The van der Waals surface area contributed by atoms with Crippen molar-refractivity contribution in [3.8, 4) is 0 Å². The lowest BCUT2D eigenvalue weighted by Crippen LogP contribution is -1.66. The summed E-state index contributed by atoms with van der Waals surface area (Å²) in [6.07, 6.45) is 3.25. The maximum absolute atomic E-state index is 4.58. The highest BCUT2D eigenvalue weighted by atomic mass is 32.1. The van der Waals surface area contributed by atoms with Crippen LogP contribution in [0, 0.1) is 11.8 Å². The SMILES string of the molecule is CC(C)C.CC(C)C.c1ccoc1.c1ccsc1. The van der Waals surface area contributed by atoms with Gasteiger partial charge >= 0.3 is 0 Å². The third-order valence-electron chi connectivity index (χ3n) is 0.851. The monoisotopic (exact) mass is 268 g/mol. The minimum absolute atomic E-state index is 0.833. The molecular weight excluding hydrogens is 240 g/mol. The fourth-order valence-electron chi connectivity index (χ4n) is 0.454. The van der Waals surface area contributed by atoms with E-state index in [1.165, 1.54) is 0 Å². The molecule has 0 aliphatic carbocycles. The number of hydrogen-bond acceptors (Lipinski definition) is 2. The molecule has 0 spiro atoms. The summed E-state index contributed by atoms with van der Waals surface area (Å²) >= 11 is 1.71. The highest BCUT2D eigenvalue weighted by Crippen LogP contribution is 1.91. The van der Waals surface area contributed by atoms with E-state index in [0.29, 0.717) is 0 Å². The summed E-state index contributed by atoms with van der Waals surface area (Å²) in [7, 11) is 0. The second kappa shape index (κ2) is 16.0. The van der Waals surface area contributed by atoms with Crippen LogP contribution < -0.4 is 0 Å².